The topological polar surface area (TPSA) is 9.23 Å². The van der Waals surface area contributed by atoms with E-state index in [0.717, 1.165) is 32.1 Å². The minimum absolute atomic E-state index is 0.0252. The van der Waals surface area contributed by atoms with Crippen molar-refractivity contribution in [2.45, 2.75) is 44.6 Å². The molecule has 100 valence electrons. The number of alkyl halides is 3. The number of rotatable bonds is 3. The molecule has 0 heterocycles. The van der Waals surface area contributed by atoms with Crippen LogP contribution < -0.4 is 0 Å². The summed E-state index contributed by atoms with van der Waals surface area (Å²) in [6.07, 6.45) is -0.691. The van der Waals surface area contributed by atoms with Crippen LogP contribution in [0.2, 0.25) is 0 Å². The van der Waals surface area contributed by atoms with Crippen molar-refractivity contribution >= 4 is 0 Å². The van der Waals surface area contributed by atoms with Crippen LogP contribution in [0.3, 0.4) is 0 Å². The summed E-state index contributed by atoms with van der Waals surface area (Å²) in [6.45, 7) is 0. The molecule has 0 spiro atoms. The first-order chi connectivity index (χ1) is 8.56. The van der Waals surface area contributed by atoms with Crippen LogP contribution in [-0.2, 0) is 4.74 Å². The van der Waals surface area contributed by atoms with E-state index in [9.17, 15) is 13.2 Å². The highest BCUT2D eigenvalue weighted by atomic mass is 19.4. The molecule has 4 heteroatoms. The van der Waals surface area contributed by atoms with E-state index in [1.807, 2.05) is 0 Å². The Morgan fingerprint density at radius 3 is 2.17 bits per heavy atom. The predicted molar refractivity (Wildman–Crippen MR) is 62.9 cm³/mol. The average Bonchev–Trinajstić information content (AvgIpc) is 2.37. The van der Waals surface area contributed by atoms with Crippen LogP contribution in [0.5, 0.6) is 0 Å². The molecule has 0 aliphatic heterocycles. The van der Waals surface area contributed by atoms with Gasteiger partial charge in [0.1, 0.15) is 0 Å². The Balaban J connectivity index is 2.17. The molecule has 2 rings (SSSR count). The lowest BCUT2D eigenvalue weighted by Crippen LogP contribution is -2.25. The van der Waals surface area contributed by atoms with Crippen LogP contribution in [0.25, 0.3) is 0 Å². The summed E-state index contributed by atoms with van der Waals surface area (Å²) in [4.78, 5) is 0. The maximum atomic E-state index is 12.5. The SMILES string of the molecule is FC(F)(F)OC(c1ccccc1)C1CCCCC1. The van der Waals surface area contributed by atoms with Crippen molar-refractivity contribution in [3.8, 4) is 0 Å². The van der Waals surface area contributed by atoms with Crippen LogP contribution in [0.1, 0.15) is 43.8 Å². The molecule has 1 aliphatic rings. The Labute approximate surface area is 105 Å². The summed E-state index contributed by atoms with van der Waals surface area (Å²) in [7, 11) is 0. The zero-order valence-corrected chi connectivity index (χ0v) is 10.1. The molecule has 1 aliphatic carbocycles. The minimum Gasteiger partial charge on any atom is -0.283 e. The zero-order chi connectivity index (χ0) is 13.0. The first-order valence-electron chi connectivity index (χ1n) is 6.36. The van der Waals surface area contributed by atoms with Gasteiger partial charge < -0.3 is 0 Å². The molecule has 1 aromatic carbocycles. The lowest BCUT2D eigenvalue weighted by molar-refractivity contribution is -0.351. The second-order valence-electron chi connectivity index (χ2n) is 4.79. The summed E-state index contributed by atoms with van der Waals surface area (Å²) in [6, 6.07) is 8.74. The molecule has 0 N–H and O–H groups in total. The normalized spacial score (nSPS) is 19.7. The van der Waals surface area contributed by atoms with Crippen LogP contribution in [0, 0.1) is 5.92 Å². The monoisotopic (exact) mass is 258 g/mol. The third-order valence-electron chi connectivity index (χ3n) is 3.47. The van der Waals surface area contributed by atoms with Gasteiger partial charge in [-0.2, -0.15) is 0 Å². The Kier molecular flexibility index (Phi) is 4.27. The van der Waals surface area contributed by atoms with E-state index in [2.05, 4.69) is 4.74 Å². The van der Waals surface area contributed by atoms with Gasteiger partial charge in [-0.25, -0.2) is 0 Å². The van der Waals surface area contributed by atoms with Crippen LogP contribution in [-0.4, -0.2) is 6.36 Å². The van der Waals surface area contributed by atoms with E-state index in [0.29, 0.717) is 5.56 Å². The molecule has 0 aromatic heterocycles. The van der Waals surface area contributed by atoms with E-state index in [4.69, 9.17) is 0 Å². The number of halogens is 3. The molecular formula is C14H17F3O. The molecule has 18 heavy (non-hydrogen) atoms. The lowest BCUT2D eigenvalue weighted by atomic mass is 9.82. The van der Waals surface area contributed by atoms with Gasteiger partial charge in [-0.1, -0.05) is 49.6 Å². The molecule has 0 amide bonds. The number of hydrogen-bond donors (Lipinski definition) is 0. The fourth-order valence-electron chi connectivity index (χ4n) is 2.66. The van der Waals surface area contributed by atoms with Crippen molar-refractivity contribution in [3.63, 3.8) is 0 Å². The van der Waals surface area contributed by atoms with Gasteiger partial charge in [-0.3, -0.25) is 4.74 Å². The van der Waals surface area contributed by atoms with E-state index < -0.39 is 12.5 Å². The van der Waals surface area contributed by atoms with Gasteiger partial charge >= 0.3 is 6.36 Å². The Morgan fingerprint density at radius 2 is 1.61 bits per heavy atom. The standard InChI is InChI=1S/C14H17F3O/c15-14(16,17)18-13(11-7-3-1-4-8-11)12-9-5-2-6-10-12/h1,3-4,7-8,12-13H,2,5-6,9-10H2. The van der Waals surface area contributed by atoms with E-state index in [-0.39, 0.29) is 5.92 Å². The number of benzene rings is 1. The molecule has 0 saturated heterocycles. The molecule has 1 unspecified atom stereocenters. The van der Waals surface area contributed by atoms with Gasteiger partial charge in [0, 0.05) is 0 Å². The summed E-state index contributed by atoms with van der Waals surface area (Å²) in [5, 5.41) is 0. The second-order valence-corrected chi connectivity index (χ2v) is 4.79. The third-order valence-corrected chi connectivity index (χ3v) is 3.47. The fourth-order valence-corrected chi connectivity index (χ4v) is 2.66. The Bertz CT molecular complexity index is 355. The molecular weight excluding hydrogens is 241 g/mol. The number of hydrogen-bond acceptors (Lipinski definition) is 1. The first-order valence-corrected chi connectivity index (χ1v) is 6.36. The molecule has 1 saturated carbocycles. The highest BCUT2D eigenvalue weighted by molar-refractivity contribution is 5.18. The van der Waals surface area contributed by atoms with Crippen molar-refractivity contribution in [2.24, 2.45) is 5.92 Å². The maximum Gasteiger partial charge on any atom is 0.523 e. The van der Waals surface area contributed by atoms with Gasteiger partial charge in [0.2, 0.25) is 0 Å². The van der Waals surface area contributed by atoms with Crippen molar-refractivity contribution in [3.05, 3.63) is 35.9 Å². The third kappa shape index (κ3) is 3.73. The van der Waals surface area contributed by atoms with Crippen molar-refractivity contribution in [1.82, 2.24) is 0 Å². The minimum atomic E-state index is -4.57. The predicted octanol–water partition coefficient (Wildman–Crippen LogP) is 4.84. The van der Waals surface area contributed by atoms with E-state index in [1.165, 1.54) is 0 Å². The summed E-state index contributed by atoms with van der Waals surface area (Å²) in [5.41, 5.74) is 0.627. The molecule has 0 radical (unpaired) electrons. The van der Waals surface area contributed by atoms with Crippen molar-refractivity contribution < 1.29 is 17.9 Å². The van der Waals surface area contributed by atoms with E-state index in [1.54, 1.807) is 30.3 Å². The largest absolute Gasteiger partial charge is 0.523 e. The van der Waals surface area contributed by atoms with E-state index >= 15 is 0 Å². The lowest BCUT2D eigenvalue weighted by Gasteiger charge is -2.31. The Morgan fingerprint density at radius 1 is 1.00 bits per heavy atom. The smallest absolute Gasteiger partial charge is 0.283 e. The molecule has 1 nitrogen and oxygen atoms in total. The van der Waals surface area contributed by atoms with Gasteiger partial charge in [0.25, 0.3) is 0 Å². The van der Waals surface area contributed by atoms with Crippen molar-refractivity contribution in [1.29, 1.82) is 0 Å². The number of ether oxygens (including phenoxy) is 1. The summed E-state index contributed by atoms with van der Waals surface area (Å²) < 4.78 is 41.9. The second kappa shape index (κ2) is 5.74. The molecule has 0 bridgehead atoms. The van der Waals surface area contributed by atoms with Gasteiger partial charge in [0.15, 0.2) is 0 Å². The van der Waals surface area contributed by atoms with Crippen LogP contribution in [0.4, 0.5) is 13.2 Å². The zero-order valence-electron chi connectivity index (χ0n) is 10.1. The van der Waals surface area contributed by atoms with Crippen LogP contribution >= 0.6 is 0 Å². The summed E-state index contributed by atoms with van der Waals surface area (Å²) in [5.74, 6) is -0.0252. The van der Waals surface area contributed by atoms with Gasteiger partial charge in [-0.15, -0.1) is 13.2 Å². The Hall–Kier alpha value is -1.03. The first kappa shape index (κ1) is 13.4. The van der Waals surface area contributed by atoms with Gasteiger partial charge in [-0.05, 0) is 24.3 Å². The summed E-state index contributed by atoms with van der Waals surface area (Å²) >= 11 is 0. The highest BCUT2D eigenvalue weighted by Gasteiger charge is 2.38. The molecule has 1 aromatic rings. The highest BCUT2D eigenvalue weighted by Crippen LogP contribution is 2.40. The van der Waals surface area contributed by atoms with Crippen LogP contribution in [0.15, 0.2) is 30.3 Å². The maximum absolute atomic E-state index is 12.5. The van der Waals surface area contributed by atoms with Crippen molar-refractivity contribution in [2.75, 3.05) is 0 Å². The fraction of sp³-hybridized carbons (Fsp3) is 0.571. The molecule has 1 atom stereocenters. The average molecular weight is 258 g/mol. The van der Waals surface area contributed by atoms with Gasteiger partial charge in [0.05, 0.1) is 6.10 Å². The molecule has 1 fully saturated rings. The quantitative estimate of drug-likeness (QED) is 0.753.